The van der Waals surface area contributed by atoms with Crippen LogP contribution in [-0.2, 0) is 6.54 Å². The second kappa shape index (κ2) is 8.18. The maximum absolute atomic E-state index is 12.4. The van der Waals surface area contributed by atoms with Crippen LogP contribution in [0.15, 0.2) is 54.9 Å². The summed E-state index contributed by atoms with van der Waals surface area (Å²) in [6.07, 6.45) is 3.38. The maximum Gasteiger partial charge on any atom is 0.270 e. The number of amides is 1. The van der Waals surface area contributed by atoms with E-state index in [9.17, 15) is 9.59 Å². The zero-order valence-corrected chi connectivity index (χ0v) is 15.1. The summed E-state index contributed by atoms with van der Waals surface area (Å²) in [7, 11) is 0. The molecule has 2 heterocycles. The summed E-state index contributed by atoms with van der Waals surface area (Å²) in [5.74, 6) is 0.697. The Bertz CT molecular complexity index is 956. The van der Waals surface area contributed by atoms with Gasteiger partial charge in [0.1, 0.15) is 17.3 Å². The average molecular weight is 361 g/mol. The average Bonchev–Trinajstić information content (AvgIpc) is 2.67. The maximum atomic E-state index is 12.4. The van der Waals surface area contributed by atoms with Crippen molar-refractivity contribution in [3.05, 3.63) is 77.5 Å². The minimum Gasteiger partial charge on any atom is -0.347 e. The van der Waals surface area contributed by atoms with Crippen LogP contribution < -0.4 is 10.6 Å². The van der Waals surface area contributed by atoms with Crippen LogP contribution in [0.2, 0.25) is 0 Å². The molecule has 0 aliphatic carbocycles. The lowest BCUT2D eigenvalue weighted by atomic mass is 10.1. The molecule has 3 rings (SSSR count). The number of aromatic nitrogens is 3. The number of hydrogen-bond acceptors (Lipinski definition) is 6. The predicted octanol–water partition coefficient (Wildman–Crippen LogP) is 3.06. The molecule has 3 aromatic rings. The van der Waals surface area contributed by atoms with E-state index in [4.69, 9.17) is 0 Å². The number of carbonyl (C=O) groups excluding carboxylic acids is 2. The van der Waals surface area contributed by atoms with Crippen LogP contribution in [-0.4, -0.2) is 26.6 Å². The Hall–Kier alpha value is -3.61. The number of nitrogens with one attached hydrogen (secondary N) is 2. The summed E-state index contributed by atoms with van der Waals surface area (Å²) >= 11 is 0. The van der Waals surface area contributed by atoms with Crippen molar-refractivity contribution >= 4 is 23.2 Å². The lowest BCUT2D eigenvalue weighted by Crippen LogP contribution is -2.24. The molecule has 2 aromatic heterocycles. The number of hydrogen-bond donors (Lipinski definition) is 2. The monoisotopic (exact) mass is 361 g/mol. The Balaban J connectivity index is 1.71. The molecule has 1 amide bonds. The molecule has 0 saturated heterocycles. The molecule has 0 saturated carbocycles. The number of aryl methyl sites for hydroxylation is 1. The molecular weight excluding hydrogens is 342 g/mol. The second-order valence-electron chi connectivity index (χ2n) is 5.99. The van der Waals surface area contributed by atoms with Gasteiger partial charge in [-0.3, -0.25) is 14.6 Å². The van der Waals surface area contributed by atoms with Gasteiger partial charge in [0.2, 0.25) is 0 Å². The molecule has 0 atom stereocenters. The highest BCUT2D eigenvalue weighted by atomic mass is 16.1. The normalized spacial score (nSPS) is 10.3. The van der Waals surface area contributed by atoms with Gasteiger partial charge in [-0.15, -0.1) is 0 Å². The van der Waals surface area contributed by atoms with Gasteiger partial charge in [-0.2, -0.15) is 0 Å². The number of Topliss-reactive ketones (excluding diaryl/α,β-unsaturated/α-hetero) is 1. The molecule has 7 heteroatoms. The Labute approximate surface area is 156 Å². The summed E-state index contributed by atoms with van der Waals surface area (Å²) in [5, 5.41) is 5.95. The largest absolute Gasteiger partial charge is 0.347 e. The molecule has 0 aliphatic rings. The fraction of sp³-hybridized carbons (Fsp3) is 0.150. The fourth-order valence-corrected chi connectivity index (χ4v) is 2.46. The zero-order chi connectivity index (χ0) is 19.2. The van der Waals surface area contributed by atoms with E-state index >= 15 is 0 Å². The zero-order valence-electron chi connectivity index (χ0n) is 15.1. The van der Waals surface area contributed by atoms with Crippen LogP contribution in [0.5, 0.6) is 0 Å². The van der Waals surface area contributed by atoms with E-state index in [1.54, 1.807) is 49.6 Å². The number of carbonyl (C=O) groups is 2. The highest BCUT2D eigenvalue weighted by Gasteiger charge is 2.11. The Morgan fingerprint density at radius 3 is 2.52 bits per heavy atom. The van der Waals surface area contributed by atoms with Gasteiger partial charge in [0, 0.05) is 36.3 Å². The van der Waals surface area contributed by atoms with Gasteiger partial charge >= 0.3 is 0 Å². The summed E-state index contributed by atoms with van der Waals surface area (Å²) < 4.78 is 0. The van der Waals surface area contributed by atoms with E-state index in [0.717, 1.165) is 11.3 Å². The number of nitrogens with zero attached hydrogens (tertiary/aromatic N) is 3. The smallest absolute Gasteiger partial charge is 0.270 e. The Morgan fingerprint density at radius 2 is 1.85 bits per heavy atom. The molecule has 0 aliphatic heterocycles. The van der Waals surface area contributed by atoms with Gasteiger partial charge in [-0.25, -0.2) is 9.97 Å². The third-order valence-electron chi connectivity index (χ3n) is 3.81. The van der Waals surface area contributed by atoms with E-state index in [2.05, 4.69) is 25.6 Å². The third-order valence-corrected chi connectivity index (χ3v) is 3.81. The van der Waals surface area contributed by atoms with Crippen LogP contribution in [0.25, 0.3) is 0 Å². The molecule has 0 spiro atoms. The third kappa shape index (κ3) is 4.94. The van der Waals surface area contributed by atoms with Crippen molar-refractivity contribution in [1.82, 2.24) is 20.3 Å². The summed E-state index contributed by atoms with van der Waals surface area (Å²) in [6, 6.07) is 12.3. The first-order valence-electron chi connectivity index (χ1n) is 8.42. The van der Waals surface area contributed by atoms with Crippen LogP contribution in [0, 0.1) is 6.92 Å². The van der Waals surface area contributed by atoms with E-state index in [1.807, 2.05) is 12.1 Å². The van der Waals surface area contributed by atoms with Crippen LogP contribution >= 0.6 is 0 Å². The molecule has 0 radical (unpaired) electrons. The minimum absolute atomic E-state index is 0.00649. The van der Waals surface area contributed by atoms with Gasteiger partial charge in [0.15, 0.2) is 5.78 Å². The van der Waals surface area contributed by atoms with Gasteiger partial charge in [0.25, 0.3) is 5.91 Å². The molecule has 0 bridgehead atoms. The van der Waals surface area contributed by atoms with E-state index < -0.39 is 0 Å². The van der Waals surface area contributed by atoms with Crippen molar-refractivity contribution in [2.24, 2.45) is 0 Å². The van der Waals surface area contributed by atoms with Crippen LogP contribution in [0.4, 0.5) is 11.5 Å². The van der Waals surface area contributed by atoms with Crippen molar-refractivity contribution < 1.29 is 9.59 Å². The number of benzene rings is 1. The van der Waals surface area contributed by atoms with Crippen LogP contribution in [0.3, 0.4) is 0 Å². The molecule has 1 aromatic carbocycles. The van der Waals surface area contributed by atoms with E-state index in [1.165, 1.54) is 6.92 Å². The topological polar surface area (TPSA) is 96.9 Å². The predicted molar refractivity (Wildman–Crippen MR) is 102 cm³/mol. The molecular formula is C20H19N5O2. The van der Waals surface area contributed by atoms with Crippen LogP contribution in [0.1, 0.15) is 39.2 Å². The molecule has 7 nitrogen and oxygen atoms in total. The van der Waals surface area contributed by atoms with Gasteiger partial charge < -0.3 is 10.6 Å². The van der Waals surface area contributed by atoms with Crippen molar-refractivity contribution in [2.45, 2.75) is 20.4 Å². The highest BCUT2D eigenvalue weighted by molar-refractivity contribution is 5.94. The SMILES string of the molecule is CC(=O)c1ccc(Nc2cc(C(=O)NCc3cccnc3)nc(C)n2)cc1. The number of rotatable bonds is 6. The Morgan fingerprint density at radius 1 is 1.07 bits per heavy atom. The Kier molecular flexibility index (Phi) is 5.51. The van der Waals surface area contributed by atoms with Gasteiger partial charge in [0.05, 0.1) is 0 Å². The van der Waals surface area contributed by atoms with Crippen molar-refractivity contribution in [2.75, 3.05) is 5.32 Å². The lowest BCUT2D eigenvalue weighted by Gasteiger charge is -2.09. The lowest BCUT2D eigenvalue weighted by molar-refractivity contribution is 0.0944. The fourth-order valence-electron chi connectivity index (χ4n) is 2.46. The van der Waals surface area contributed by atoms with Crippen molar-refractivity contribution in [1.29, 1.82) is 0 Å². The molecule has 2 N–H and O–H groups in total. The summed E-state index contributed by atoms with van der Waals surface area (Å²) in [5.41, 5.74) is 2.57. The van der Waals surface area contributed by atoms with Gasteiger partial charge in [-0.1, -0.05) is 6.07 Å². The number of ketones is 1. The second-order valence-corrected chi connectivity index (χ2v) is 5.99. The quantitative estimate of drug-likeness (QED) is 0.655. The number of anilines is 2. The van der Waals surface area contributed by atoms with E-state index in [0.29, 0.717) is 23.8 Å². The molecule has 0 fully saturated rings. The van der Waals surface area contributed by atoms with E-state index in [-0.39, 0.29) is 17.4 Å². The first-order valence-corrected chi connectivity index (χ1v) is 8.42. The standard InChI is InChI=1S/C20H19N5O2/c1-13(26)16-5-7-17(8-6-16)25-19-10-18(23-14(2)24-19)20(27)22-12-15-4-3-9-21-11-15/h3-11H,12H2,1-2H3,(H,22,27)(H,23,24,25). The first kappa shape index (κ1) is 18.2. The first-order chi connectivity index (χ1) is 13.0. The summed E-state index contributed by atoms with van der Waals surface area (Å²) in [4.78, 5) is 36.3. The minimum atomic E-state index is -0.292. The highest BCUT2D eigenvalue weighted by Crippen LogP contribution is 2.16. The summed E-state index contributed by atoms with van der Waals surface area (Å²) in [6.45, 7) is 3.61. The molecule has 136 valence electrons. The molecule has 27 heavy (non-hydrogen) atoms. The van der Waals surface area contributed by atoms with Gasteiger partial charge in [-0.05, 0) is 49.7 Å². The van der Waals surface area contributed by atoms with Crippen molar-refractivity contribution in [3.8, 4) is 0 Å². The molecule has 0 unspecified atom stereocenters. The van der Waals surface area contributed by atoms with Crippen molar-refractivity contribution in [3.63, 3.8) is 0 Å². The number of pyridine rings is 1.